The zero-order chi connectivity index (χ0) is 14.2. The molecule has 0 radical (unpaired) electrons. The van der Waals surface area contributed by atoms with Crippen molar-refractivity contribution < 1.29 is 0 Å². The average Bonchev–Trinajstić information content (AvgIpc) is 2.65. The lowest BCUT2D eigenvalue weighted by atomic mass is 10.1. The van der Waals surface area contributed by atoms with Gasteiger partial charge in [-0.2, -0.15) is 0 Å². The highest BCUT2D eigenvalue weighted by molar-refractivity contribution is 5.47. The zero-order valence-electron chi connectivity index (χ0n) is 12.7. The molecule has 0 saturated heterocycles. The lowest BCUT2D eigenvalue weighted by molar-refractivity contribution is 0.735. The van der Waals surface area contributed by atoms with E-state index in [1.807, 2.05) is 27.1 Å². The fraction of sp³-hybridized carbons (Fsp3) is 0.533. The summed E-state index contributed by atoms with van der Waals surface area (Å²) < 4.78 is 2.12. The molecular formula is C15H22N4. The number of nitrogens with zero attached hydrogens (tertiary/aromatic N) is 4. The minimum absolute atomic E-state index is 0.447. The van der Waals surface area contributed by atoms with E-state index in [4.69, 9.17) is 0 Å². The molecule has 0 amide bonds. The first kappa shape index (κ1) is 13.7. The van der Waals surface area contributed by atoms with Gasteiger partial charge in [-0.25, -0.2) is 15.0 Å². The van der Waals surface area contributed by atoms with Crippen molar-refractivity contribution in [3.63, 3.8) is 0 Å². The molecule has 2 rings (SSSR count). The second-order valence-electron chi connectivity index (χ2n) is 5.30. The highest BCUT2D eigenvalue weighted by atomic mass is 15.1. The number of hydrogen-bond donors (Lipinski definition) is 0. The van der Waals surface area contributed by atoms with Gasteiger partial charge in [0.1, 0.15) is 0 Å². The Morgan fingerprint density at radius 1 is 1.21 bits per heavy atom. The highest BCUT2D eigenvalue weighted by Gasteiger charge is 2.17. The Hall–Kier alpha value is -1.71. The van der Waals surface area contributed by atoms with Crippen molar-refractivity contribution in [1.82, 2.24) is 19.5 Å². The third-order valence-corrected chi connectivity index (χ3v) is 3.48. The van der Waals surface area contributed by atoms with Crippen LogP contribution in [0.2, 0.25) is 0 Å². The minimum atomic E-state index is 0.447. The van der Waals surface area contributed by atoms with Crippen LogP contribution in [0.15, 0.2) is 6.20 Å². The van der Waals surface area contributed by atoms with E-state index in [1.165, 1.54) is 5.69 Å². The Balaban J connectivity index is 2.57. The quantitative estimate of drug-likeness (QED) is 0.849. The van der Waals surface area contributed by atoms with E-state index in [2.05, 4.69) is 40.3 Å². The first-order chi connectivity index (χ1) is 8.95. The normalized spacial score (nSPS) is 11.3. The van der Waals surface area contributed by atoms with Gasteiger partial charge in [0.2, 0.25) is 0 Å². The van der Waals surface area contributed by atoms with Gasteiger partial charge in [0, 0.05) is 24.6 Å². The Morgan fingerprint density at radius 3 is 2.42 bits per heavy atom. The predicted molar refractivity (Wildman–Crippen MR) is 77.2 cm³/mol. The van der Waals surface area contributed by atoms with Crippen LogP contribution in [0.5, 0.6) is 0 Å². The molecular weight excluding hydrogens is 236 g/mol. The molecule has 0 atom stereocenters. The highest BCUT2D eigenvalue weighted by Crippen LogP contribution is 2.24. The van der Waals surface area contributed by atoms with Gasteiger partial charge in [-0.3, -0.25) is 0 Å². The van der Waals surface area contributed by atoms with Gasteiger partial charge in [-0.05, 0) is 31.7 Å². The number of aromatic nitrogens is 4. The molecule has 0 N–H and O–H groups in total. The monoisotopic (exact) mass is 258 g/mol. The average molecular weight is 258 g/mol. The number of hydrogen-bond acceptors (Lipinski definition) is 3. The summed E-state index contributed by atoms with van der Waals surface area (Å²) in [6.07, 6.45) is 2.81. The Kier molecular flexibility index (Phi) is 3.69. The summed E-state index contributed by atoms with van der Waals surface area (Å²) in [6, 6.07) is 0. The molecule has 0 aliphatic rings. The van der Waals surface area contributed by atoms with Crippen LogP contribution in [0, 0.1) is 13.8 Å². The van der Waals surface area contributed by atoms with Gasteiger partial charge in [0.15, 0.2) is 11.6 Å². The SMILES string of the molecule is CCc1nc(-c2nc(C)c(C(C)C)n2C)ncc1C. The third kappa shape index (κ3) is 2.39. The maximum absolute atomic E-state index is 4.64. The zero-order valence-corrected chi connectivity index (χ0v) is 12.7. The topological polar surface area (TPSA) is 43.6 Å². The van der Waals surface area contributed by atoms with Crippen LogP contribution in [-0.2, 0) is 13.5 Å². The molecule has 0 saturated carbocycles. The molecule has 2 aromatic heterocycles. The lowest BCUT2D eigenvalue weighted by Crippen LogP contribution is -2.04. The largest absolute Gasteiger partial charge is 0.328 e. The molecule has 2 aromatic rings. The van der Waals surface area contributed by atoms with E-state index in [-0.39, 0.29) is 0 Å². The van der Waals surface area contributed by atoms with Crippen molar-refractivity contribution in [3.05, 3.63) is 28.8 Å². The Morgan fingerprint density at radius 2 is 1.89 bits per heavy atom. The maximum atomic E-state index is 4.64. The summed E-state index contributed by atoms with van der Waals surface area (Å²) >= 11 is 0. The molecule has 0 aromatic carbocycles. The van der Waals surface area contributed by atoms with Gasteiger partial charge in [0.05, 0.1) is 5.69 Å². The van der Waals surface area contributed by atoms with Crippen LogP contribution in [0.1, 0.15) is 49.3 Å². The van der Waals surface area contributed by atoms with Crippen molar-refractivity contribution in [2.24, 2.45) is 7.05 Å². The summed E-state index contributed by atoms with van der Waals surface area (Å²) in [6.45, 7) is 10.6. The molecule has 0 aliphatic carbocycles. The van der Waals surface area contributed by atoms with Crippen LogP contribution in [0.25, 0.3) is 11.6 Å². The lowest BCUT2D eigenvalue weighted by Gasteiger charge is -2.09. The number of rotatable bonds is 3. The van der Waals surface area contributed by atoms with E-state index in [9.17, 15) is 0 Å². The fourth-order valence-electron chi connectivity index (χ4n) is 2.60. The Labute approximate surface area is 114 Å². The van der Waals surface area contributed by atoms with E-state index in [0.29, 0.717) is 5.92 Å². The first-order valence-electron chi connectivity index (χ1n) is 6.81. The van der Waals surface area contributed by atoms with Crippen LogP contribution in [0.3, 0.4) is 0 Å². The van der Waals surface area contributed by atoms with Crippen molar-refractivity contribution in [3.8, 4) is 11.6 Å². The van der Waals surface area contributed by atoms with E-state index >= 15 is 0 Å². The Bertz CT molecular complexity index is 596. The van der Waals surface area contributed by atoms with Crippen molar-refractivity contribution >= 4 is 0 Å². The predicted octanol–water partition coefficient (Wildman–Crippen LogP) is 3.18. The van der Waals surface area contributed by atoms with Gasteiger partial charge >= 0.3 is 0 Å². The minimum Gasteiger partial charge on any atom is -0.328 e. The standard InChI is InChI=1S/C15H22N4/c1-7-12-10(4)8-16-14(18-12)15-17-11(5)13(9(2)3)19(15)6/h8-9H,7H2,1-6H3. The summed E-state index contributed by atoms with van der Waals surface area (Å²) in [5, 5.41) is 0. The van der Waals surface area contributed by atoms with E-state index in [1.54, 1.807) is 0 Å². The van der Waals surface area contributed by atoms with Gasteiger partial charge in [0.25, 0.3) is 0 Å². The summed E-state index contributed by atoms with van der Waals surface area (Å²) in [5.74, 6) is 2.03. The molecule has 0 aliphatic heterocycles. The van der Waals surface area contributed by atoms with Crippen LogP contribution < -0.4 is 0 Å². The molecule has 102 valence electrons. The summed E-state index contributed by atoms with van der Waals surface area (Å²) in [5.41, 5.74) is 4.55. The van der Waals surface area contributed by atoms with E-state index in [0.717, 1.165) is 35.0 Å². The molecule has 0 fully saturated rings. The second-order valence-corrected chi connectivity index (χ2v) is 5.30. The fourth-order valence-corrected chi connectivity index (χ4v) is 2.60. The van der Waals surface area contributed by atoms with Gasteiger partial charge in [-0.1, -0.05) is 20.8 Å². The van der Waals surface area contributed by atoms with Crippen molar-refractivity contribution in [2.45, 2.75) is 47.0 Å². The molecule has 0 unspecified atom stereocenters. The van der Waals surface area contributed by atoms with Crippen molar-refractivity contribution in [2.75, 3.05) is 0 Å². The molecule has 4 heteroatoms. The second kappa shape index (κ2) is 5.11. The van der Waals surface area contributed by atoms with Gasteiger partial charge in [-0.15, -0.1) is 0 Å². The van der Waals surface area contributed by atoms with Crippen LogP contribution in [-0.4, -0.2) is 19.5 Å². The van der Waals surface area contributed by atoms with Gasteiger partial charge < -0.3 is 4.57 Å². The third-order valence-electron chi connectivity index (χ3n) is 3.48. The molecule has 4 nitrogen and oxygen atoms in total. The van der Waals surface area contributed by atoms with E-state index < -0.39 is 0 Å². The molecule has 0 bridgehead atoms. The molecule has 0 spiro atoms. The number of imidazole rings is 1. The maximum Gasteiger partial charge on any atom is 0.196 e. The van der Waals surface area contributed by atoms with Crippen LogP contribution >= 0.6 is 0 Å². The number of aryl methyl sites for hydroxylation is 3. The smallest absolute Gasteiger partial charge is 0.196 e. The summed E-state index contributed by atoms with van der Waals surface area (Å²) in [4.78, 5) is 13.7. The van der Waals surface area contributed by atoms with Crippen molar-refractivity contribution in [1.29, 1.82) is 0 Å². The summed E-state index contributed by atoms with van der Waals surface area (Å²) in [7, 11) is 2.04. The molecule has 19 heavy (non-hydrogen) atoms. The van der Waals surface area contributed by atoms with Crippen LogP contribution in [0.4, 0.5) is 0 Å². The first-order valence-corrected chi connectivity index (χ1v) is 6.81. The molecule has 2 heterocycles.